The van der Waals surface area contributed by atoms with Crippen LogP contribution in [0.15, 0.2) is 4.40 Å². The van der Waals surface area contributed by atoms with Gasteiger partial charge in [0.05, 0.1) is 24.4 Å². The Hall–Kier alpha value is -1.24. The Bertz CT molecular complexity index is 398. The second-order valence-corrected chi connectivity index (χ2v) is 6.83. The zero-order valence-electron chi connectivity index (χ0n) is 12.7. The number of ether oxygens (including phenoxy) is 2. The highest BCUT2D eigenvalue weighted by atomic mass is 32.2. The van der Waals surface area contributed by atoms with Gasteiger partial charge in [-0.3, -0.25) is 4.79 Å². The average Bonchev–Trinajstić information content (AvgIpc) is 2.33. The highest BCUT2D eigenvalue weighted by molar-refractivity contribution is 7.85. The van der Waals surface area contributed by atoms with Gasteiger partial charge in [0.1, 0.15) is 16.7 Å². The lowest BCUT2D eigenvalue weighted by Crippen LogP contribution is -2.25. The van der Waals surface area contributed by atoms with Gasteiger partial charge >= 0.3 is 11.9 Å². The van der Waals surface area contributed by atoms with E-state index in [9.17, 15) is 13.8 Å². The molecule has 0 spiro atoms. The molecular formula is C13H23NO5S. The zero-order valence-corrected chi connectivity index (χ0v) is 13.5. The summed E-state index contributed by atoms with van der Waals surface area (Å²) in [6.45, 7) is 9.09. The summed E-state index contributed by atoms with van der Waals surface area (Å²) in [5.41, 5.74) is 0.00756. The molecule has 6 nitrogen and oxygen atoms in total. The summed E-state index contributed by atoms with van der Waals surface area (Å²) in [6.07, 6.45) is 0.0618. The molecule has 0 rings (SSSR count). The third-order valence-corrected chi connectivity index (χ3v) is 3.53. The first kappa shape index (κ1) is 18.8. The molecule has 0 aliphatic carbocycles. The first-order valence-corrected chi connectivity index (χ1v) is 7.65. The highest BCUT2D eigenvalue weighted by Gasteiger charge is 2.23. The van der Waals surface area contributed by atoms with Gasteiger partial charge in [-0.15, -0.1) is 0 Å². The lowest BCUT2D eigenvalue weighted by atomic mass is 10.2. The first-order valence-electron chi connectivity index (χ1n) is 6.54. The molecule has 0 aromatic carbocycles. The van der Waals surface area contributed by atoms with E-state index in [1.807, 2.05) is 0 Å². The van der Waals surface area contributed by atoms with Crippen molar-refractivity contribution in [1.29, 1.82) is 0 Å². The van der Waals surface area contributed by atoms with Crippen molar-refractivity contribution in [3.63, 3.8) is 0 Å². The molecule has 116 valence electrons. The molecule has 20 heavy (non-hydrogen) atoms. The van der Waals surface area contributed by atoms with Gasteiger partial charge in [0, 0.05) is 6.42 Å². The minimum atomic E-state index is -1.58. The fraction of sp³-hybridized carbons (Fsp3) is 0.769. The number of carbonyl (C=O) groups is 2. The largest absolute Gasteiger partial charge is 0.466 e. The van der Waals surface area contributed by atoms with Gasteiger partial charge in [0.2, 0.25) is 0 Å². The minimum Gasteiger partial charge on any atom is -0.466 e. The summed E-state index contributed by atoms with van der Waals surface area (Å²) in [4.78, 5) is 23.0. The van der Waals surface area contributed by atoms with Crippen molar-refractivity contribution in [3.8, 4) is 0 Å². The number of hydrogen-bond acceptors (Lipinski definition) is 5. The van der Waals surface area contributed by atoms with Crippen molar-refractivity contribution >= 4 is 28.6 Å². The Labute approximate surface area is 122 Å². The number of hydrogen-bond donors (Lipinski definition) is 0. The molecule has 0 saturated carbocycles. The molecule has 0 heterocycles. The molecule has 0 bridgehead atoms. The van der Waals surface area contributed by atoms with E-state index in [1.165, 1.54) is 0 Å². The molecule has 0 radical (unpaired) electrons. The van der Waals surface area contributed by atoms with Crippen molar-refractivity contribution in [2.75, 3.05) is 13.2 Å². The van der Waals surface area contributed by atoms with Gasteiger partial charge < -0.3 is 9.47 Å². The molecule has 0 N–H and O–H groups in total. The van der Waals surface area contributed by atoms with E-state index in [0.29, 0.717) is 0 Å². The molecule has 0 aliphatic rings. The van der Waals surface area contributed by atoms with Crippen molar-refractivity contribution in [1.82, 2.24) is 0 Å². The van der Waals surface area contributed by atoms with E-state index in [-0.39, 0.29) is 31.8 Å². The molecule has 0 amide bonds. The monoisotopic (exact) mass is 305 g/mol. The van der Waals surface area contributed by atoms with Gasteiger partial charge in [-0.1, -0.05) is 0 Å². The average molecular weight is 305 g/mol. The fourth-order valence-electron chi connectivity index (χ4n) is 1.09. The molecular weight excluding hydrogens is 282 g/mol. The van der Waals surface area contributed by atoms with E-state index in [1.54, 1.807) is 34.6 Å². The predicted octanol–water partition coefficient (Wildman–Crippen LogP) is 1.80. The van der Waals surface area contributed by atoms with Crippen molar-refractivity contribution in [3.05, 3.63) is 0 Å². The maximum Gasteiger partial charge on any atom is 0.353 e. The van der Waals surface area contributed by atoms with Gasteiger partial charge in [0.15, 0.2) is 0 Å². The van der Waals surface area contributed by atoms with Crippen LogP contribution in [-0.4, -0.2) is 39.8 Å². The van der Waals surface area contributed by atoms with Crippen molar-refractivity contribution in [2.45, 2.75) is 52.2 Å². The Morgan fingerprint density at radius 1 is 1.05 bits per heavy atom. The van der Waals surface area contributed by atoms with E-state index in [4.69, 9.17) is 9.47 Å². The Balaban J connectivity index is 4.91. The molecule has 0 fully saturated rings. The van der Waals surface area contributed by atoms with E-state index in [0.717, 1.165) is 0 Å². The van der Waals surface area contributed by atoms with Gasteiger partial charge in [0.25, 0.3) is 0 Å². The first-order chi connectivity index (χ1) is 9.22. The number of rotatable bonds is 7. The molecule has 0 saturated heterocycles. The minimum absolute atomic E-state index is 0.00678. The van der Waals surface area contributed by atoms with Crippen LogP contribution in [0.2, 0.25) is 0 Å². The topological polar surface area (TPSA) is 82.0 Å². The smallest absolute Gasteiger partial charge is 0.353 e. The highest BCUT2D eigenvalue weighted by Crippen LogP contribution is 2.13. The van der Waals surface area contributed by atoms with Crippen LogP contribution in [0.4, 0.5) is 0 Å². The molecule has 1 atom stereocenters. The van der Waals surface area contributed by atoms with Crippen LogP contribution in [-0.2, 0) is 30.0 Å². The van der Waals surface area contributed by atoms with Crippen LogP contribution < -0.4 is 0 Å². The second-order valence-electron chi connectivity index (χ2n) is 4.93. The summed E-state index contributed by atoms with van der Waals surface area (Å²) in [6, 6.07) is 0. The van der Waals surface area contributed by atoms with Crippen LogP contribution in [0.1, 0.15) is 47.5 Å². The van der Waals surface area contributed by atoms with Gasteiger partial charge in [-0.2, -0.15) is 4.40 Å². The van der Waals surface area contributed by atoms with Gasteiger partial charge in [-0.25, -0.2) is 9.00 Å². The van der Waals surface area contributed by atoms with Crippen LogP contribution in [0.5, 0.6) is 0 Å². The van der Waals surface area contributed by atoms with Crippen LogP contribution >= 0.6 is 0 Å². The molecule has 0 aromatic rings. The maximum atomic E-state index is 12.0. The van der Waals surface area contributed by atoms with E-state index < -0.39 is 27.7 Å². The van der Waals surface area contributed by atoms with Gasteiger partial charge in [-0.05, 0) is 34.6 Å². The summed E-state index contributed by atoms with van der Waals surface area (Å²) >= 11 is 0. The van der Waals surface area contributed by atoms with Crippen LogP contribution in [0.25, 0.3) is 0 Å². The van der Waals surface area contributed by atoms with Crippen LogP contribution in [0, 0.1) is 0 Å². The SMILES string of the molecule is CCOC(=O)CC/C(=N\[S@@](=O)C(C)(C)C)C(=O)OCC. The van der Waals surface area contributed by atoms with Crippen LogP contribution in [0.3, 0.4) is 0 Å². The van der Waals surface area contributed by atoms with E-state index in [2.05, 4.69) is 4.40 Å². The lowest BCUT2D eigenvalue weighted by Gasteiger charge is -2.14. The Kier molecular flexibility index (Phi) is 8.29. The second kappa shape index (κ2) is 8.84. The quantitative estimate of drug-likeness (QED) is 0.529. The summed E-state index contributed by atoms with van der Waals surface area (Å²) in [5, 5.41) is 0. The van der Waals surface area contributed by atoms with Crippen molar-refractivity contribution < 1.29 is 23.3 Å². The predicted molar refractivity (Wildman–Crippen MR) is 77.8 cm³/mol. The molecule has 0 unspecified atom stereocenters. The normalized spacial score (nSPS) is 13.8. The Morgan fingerprint density at radius 2 is 1.60 bits per heavy atom. The molecule has 7 heteroatoms. The molecule has 0 aromatic heterocycles. The third-order valence-electron chi connectivity index (χ3n) is 2.10. The standard InChI is InChI=1S/C13H23NO5S/c1-6-18-11(15)9-8-10(12(16)19-7-2)14-20(17)13(3,4)5/h6-9H2,1-5H3/b14-10+/t20-/m0/s1. The molecule has 0 aliphatic heterocycles. The maximum absolute atomic E-state index is 12.0. The number of carbonyl (C=O) groups excluding carboxylic acids is 2. The Morgan fingerprint density at radius 3 is 2.05 bits per heavy atom. The fourth-order valence-corrected chi connectivity index (χ4v) is 1.73. The van der Waals surface area contributed by atoms with Crippen molar-refractivity contribution in [2.24, 2.45) is 4.40 Å². The third kappa shape index (κ3) is 7.37. The summed E-state index contributed by atoms with van der Waals surface area (Å²) < 4.78 is 24.9. The van der Waals surface area contributed by atoms with E-state index >= 15 is 0 Å². The zero-order chi connectivity index (χ0) is 15.8. The summed E-state index contributed by atoms with van der Waals surface area (Å²) in [5.74, 6) is -1.07. The number of nitrogens with zero attached hydrogens (tertiary/aromatic N) is 1. The summed E-state index contributed by atoms with van der Waals surface area (Å²) in [7, 11) is -1.58. The number of esters is 2. The lowest BCUT2D eigenvalue weighted by molar-refractivity contribution is -0.142.